The maximum atomic E-state index is 6.04. The summed E-state index contributed by atoms with van der Waals surface area (Å²) in [5.41, 5.74) is 3.43. The molecule has 0 spiro atoms. The minimum atomic E-state index is -1.54. The highest BCUT2D eigenvalue weighted by Gasteiger charge is 2.36. The molecule has 112 valence electrons. The minimum Gasteiger partial charge on any atom is -0.408 e. The molecule has 0 unspecified atom stereocenters. The molecular weight excluding hydrogens is 307 g/mol. The molecule has 0 radical (unpaired) electrons. The highest BCUT2D eigenvalue weighted by atomic mass is 31.2. The Labute approximate surface area is 135 Å². The fourth-order valence-electron chi connectivity index (χ4n) is 3.21. The van der Waals surface area contributed by atoms with Crippen LogP contribution in [0.1, 0.15) is 22.6 Å². The van der Waals surface area contributed by atoms with Gasteiger partial charge in [-0.05, 0) is 18.2 Å². The molecule has 0 fully saturated rings. The lowest BCUT2D eigenvalue weighted by Crippen LogP contribution is -2.17. The SMILES string of the molecule is c1ccc2c(c1)OP1Oc3ccccc3C2c2ccccc2O1. The summed E-state index contributed by atoms with van der Waals surface area (Å²) in [7, 11) is -1.54. The van der Waals surface area contributed by atoms with Crippen LogP contribution in [-0.2, 0) is 0 Å². The van der Waals surface area contributed by atoms with E-state index >= 15 is 0 Å². The first-order chi connectivity index (χ1) is 11.4. The molecule has 0 atom stereocenters. The van der Waals surface area contributed by atoms with Gasteiger partial charge < -0.3 is 13.6 Å². The quantitative estimate of drug-likeness (QED) is 0.529. The van der Waals surface area contributed by atoms with E-state index in [0.29, 0.717) is 0 Å². The van der Waals surface area contributed by atoms with E-state index < -0.39 is 8.60 Å². The molecule has 0 saturated carbocycles. The second kappa shape index (κ2) is 5.00. The fraction of sp³-hybridized carbons (Fsp3) is 0.0526. The highest BCUT2D eigenvalue weighted by Crippen LogP contribution is 2.56. The molecule has 3 aliphatic rings. The molecule has 0 aromatic heterocycles. The van der Waals surface area contributed by atoms with Crippen LogP contribution in [0.2, 0.25) is 0 Å². The molecule has 0 saturated heterocycles. The summed E-state index contributed by atoms with van der Waals surface area (Å²) in [4.78, 5) is 0. The van der Waals surface area contributed by atoms with Crippen LogP contribution in [0.4, 0.5) is 0 Å². The van der Waals surface area contributed by atoms with Gasteiger partial charge in [-0.3, -0.25) is 0 Å². The zero-order valence-corrected chi connectivity index (χ0v) is 13.1. The summed E-state index contributed by atoms with van der Waals surface area (Å²) in [6.45, 7) is 0. The summed E-state index contributed by atoms with van der Waals surface area (Å²) in [5.74, 6) is 2.50. The van der Waals surface area contributed by atoms with E-state index in [1.165, 1.54) is 0 Å². The molecule has 3 aromatic rings. The molecule has 0 N–H and O–H groups in total. The van der Waals surface area contributed by atoms with E-state index in [0.717, 1.165) is 33.9 Å². The van der Waals surface area contributed by atoms with Crippen molar-refractivity contribution in [2.75, 3.05) is 0 Å². The fourth-order valence-corrected chi connectivity index (χ4v) is 4.30. The van der Waals surface area contributed by atoms with E-state index in [1.54, 1.807) is 0 Å². The van der Waals surface area contributed by atoms with Crippen molar-refractivity contribution >= 4 is 8.60 Å². The van der Waals surface area contributed by atoms with Crippen molar-refractivity contribution in [3.63, 3.8) is 0 Å². The van der Waals surface area contributed by atoms with Gasteiger partial charge in [-0.1, -0.05) is 54.6 Å². The zero-order chi connectivity index (χ0) is 15.2. The Balaban J connectivity index is 1.88. The Morgan fingerprint density at radius 3 is 1.26 bits per heavy atom. The molecule has 3 heterocycles. The van der Waals surface area contributed by atoms with Crippen LogP contribution in [0, 0.1) is 0 Å². The van der Waals surface area contributed by atoms with Crippen molar-refractivity contribution in [2.24, 2.45) is 0 Å². The lowest BCUT2D eigenvalue weighted by Gasteiger charge is -2.33. The van der Waals surface area contributed by atoms with Gasteiger partial charge in [0.1, 0.15) is 17.2 Å². The third-order valence-corrected chi connectivity index (χ3v) is 5.25. The summed E-state index contributed by atoms with van der Waals surface area (Å²) >= 11 is 0. The molecule has 0 amide bonds. The Bertz CT molecular complexity index is 775. The van der Waals surface area contributed by atoms with Crippen molar-refractivity contribution in [1.29, 1.82) is 0 Å². The predicted octanol–water partition coefficient (Wildman–Crippen LogP) is 5.26. The van der Waals surface area contributed by atoms with Crippen LogP contribution in [-0.4, -0.2) is 0 Å². The Morgan fingerprint density at radius 1 is 0.522 bits per heavy atom. The van der Waals surface area contributed by atoms with E-state index in [1.807, 2.05) is 54.6 Å². The maximum Gasteiger partial charge on any atom is 0.530 e. The number of hydrogen-bond donors (Lipinski definition) is 0. The van der Waals surface area contributed by atoms with E-state index in [4.69, 9.17) is 13.6 Å². The van der Waals surface area contributed by atoms with Gasteiger partial charge in [0.25, 0.3) is 0 Å². The monoisotopic (exact) mass is 320 g/mol. The van der Waals surface area contributed by atoms with E-state index in [-0.39, 0.29) is 5.92 Å². The third-order valence-electron chi connectivity index (χ3n) is 4.21. The van der Waals surface area contributed by atoms with E-state index in [9.17, 15) is 0 Å². The largest absolute Gasteiger partial charge is 0.530 e. The number of rotatable bonds is 0. The predicted molar refractivity (Wildman–Crippen MR) is 89.1 cm³/mol. The molecular formula is C19H13O3P. The molecule has 3 nitrogen and oxygen atoms in total. The Hall–Kier alpha value is -2.51. The van der Waals surface area contributed by atoms with Crippen molar-refractivity contribution < 1.29 is 13.6 Å². The van der Waals surface area contributed by atoms with Crippen LogP contribution < -0.4 is 13.6 Å². The summed E-state index contributed by atoms with van der Waals surface area (Å²) in [5, 5.41) is 0. The van der Waals surface area contributed by atoms with E-state index in [2.05, 4.69) is 18.2 Å². The maximum absolute atomic E-state index is 6.04. The second-order valence-corrected chi connectivity index (χ2v) is 6.54. The first-order valence-corrected chi connectivity index (χ1v) is 8.60. The summed E-state index contributed by atoms with van der Waals surface area (Å²) < 4.78 is 18.1. The average molecular weight is 320 g/mol. The van der Waals surface area contributed by atoms with Gasteiger partial charge in [0.2, 0.25) is 0 Å². The van der Waals surface area contributed by atoms with Crippen LogP contribution in [0.5, 0.6) is 17.2 Å². The van der Waals surface area contributed by atoms with Crippen LogP contribution in [0.3, 0.4) is 0 Å². The first kappa shape index (κ1) is 13.0. The highest BCUT2D eigenvalue weighted by molar-refractivity contribution is 7.43. The van der Waals surface area contributed by atoms with Crippen molar-refractivity contribution in [2.45, 2.75) is 5.92 Å². The van der Waals surface area contributed by atoms with Gasteiger partial charge in [0.15, 0.2) is 0 Å². The zero-order valence-electron chi connectivity index (χ0n) is 12.2. The second-order valence-electron chi connectivity index (χ2n) is 5.54. The molecule has 4 heteroatoms. The lowest BCUT2D eigenvalue weighted by molar-refractivity contribution is 0.369. The third kappa shape index (κ3) is 2.01. The normalized spacial score (nSPS) is 20.3. The smallest absolute Gasteiger partial charge is 0.408 e. The molecule has 3 aromatic carbocycles. The van der Waals surface area contributed by atoms with Gasteiger partial charge in [-0.25, -0.2) is 0 Å². The summed E-state index contributed by atoms with van der Waals surface area (Å²) in [6.07, 6.45) is 0. The molecule has 2 bridgehead atoms. The van der Waals surface area contributed by atoms with Gasteiger partial charge in [0, 0.05) is 22.6 Å². The molecule has 3 aliphatic heterocycles. The topological polar surface area (TPSA) is 27.7 Å². The standard InChI is InChI=1S/C19H13O3P/c1-4-10-16-13(7-1)19-14-8-2-5-11-17(14)21-23(20-16)22-18-12-6-3-9-15(18)19/h1-12,19H. The number of benzene rings is 3. The minimum absolute atomic E-state index is 0.0241. The van der Waals surface area contributed by atoms with Gasteiger partial charge in [-0.15, -0.1) is 0 Å². The number of para-hydroxylation sites is 3. The van der Waals surface area contributed by atoms with Crippen molar-refractivity contribution in [3.05, 3.63) is 89.5 Å². The lowest BCUT2D eigenvalue weighted by atomic mass is 9.83. The van der Waals surface area contributed by atoms with Crippen LogP contribution in [0.15, 0.2) is 72.8 Å². The average Bonchev–Trinajstić information content (AvgIpc) is 2.55. The van der Waals surface area contributed by atoms with Gasteiger partial charge >= 0.3 is 8.60 Å². The summed E-state index contributed by atoms with van der Waals surface area (Å²) in [6, 6.07) is 24.4. The Morgan fingerprint density at radius 2 is 0.870 bits per heavy atom. The number of hydrogen-bond acceptors (Lipinski definition) is 3. The van der Waals surface area contributed by atoms with Gasteiger partial charge in [-0.2, -0.15) is 0 Å². The van der Waals surface area contributed by atoms with Crippen LogP contribution >= 0.6 is 8.60 Å². The molecule has 6 rings (SSSR count). The van der Waals surface area contributed by atoms with Crippen LogP contribution in [0.25, 0.3) is 0 Å². The van der Waals surface area contributed by atoms with Gasteiger partial charge in [0.05, 0.1) is 0 Å². The molecule has 0 aliphatic carbocycles. The van der Waals surface area contributed by atoms with Crippen molar-refractivity contribution in [1.82, 2.24) is 0 Å². The first-order valence-electron chi connectivity index (χ1n) is 7.51. The Kier molecular flexibility index (Phi) is 2.82. The van der Waals surface area contributed by atoms with Crippen molar-refractivity contribution in [3.8, 4) is 17.2 Å². The molecule has 23 heavy (non-hydrogen) atoms.